The minimum atomic E-state index is -4.21. The van der Waals surface area contributed by atoms with Crippen molar-refractivity contribution in [2.24, 2.45) is 5.41 Å². The lowest BCUT2D eigenvalue weighted by Gasteiger charge is -2.49. The molecule has 2 saturated heterocycles. The minimum absolute atomic E-state index is 0.264. The SMILES string of the molecule is CN1C=C(CN2CCC3(C2)CN(c2ncnc4sc(CC(F)(F)F)cc24)C3)CN1. The smallest absolute Gasteiger partial charge is 0.355 e. The van der Waals surface area contributed by atoms with Crippen molar-refractivity contribution in [3.8, 4) is 0 Å². The summed E-state index contributed by atoms with van der Waals surface area (Å²) in [6, 6.07) is 1.62. The molecule has 6 nitrogen and oxygen atoms in total. The molecular weight excluding hydrogens is 401 g/mol. The Morgan fingerprint density at radius 3 is 2.79 bits per heavy atom. The fraction of sp³-hybridized carbons (Fsp3) is 0.579. The second-order valence-corrected chi connectivity index (χ2v) is 9.59. The summed E-state index contributed by atoms with van der Waals surface area (Å²) in [4.78, 5) is 14.2. The molecular formula is C19H23F3N6S. The van der Waals surface area contributed by atoms with E-state index in [9.17, 15) is 13.2 Å². The van der Waals surface area contributed by atoms with E-state index in [4.69, 9.17) is 0 Å². The Kier molecular flexibility index (Phi) is 4.48. The number of hydrazine groups is 1. The Hall–Kier alpha value is -1.91. The maximum Gasteiger partial charge on any atom is 0.393 e. The van der Waals surface area contributed by atoms with Gasteiger partial charge in [-0.1, -0.05) is 0 Å². The Morgan fingerprint density at radius 1 is 1.24 bits per heavy atom. The molecule has 0 unspecified atom stereocenters. The number of halogens is 3. The Labute approximate surface area is 171 Å². The number of nitrogens with zero attached hydrogens (tertiary/aromatic N) is 5. The maximum atomic E-state index is 12.8. The van der Waals surface area contributed by atoms with Crippen molar-refractivity contribution in [1.29, 1.82) is 0 Å². The summed E-state index contributed by atoms with van der Waals surface area (Å²) >= 11 is 1.11. The number of fused-ring (bicyclic) bond motifs is 1. The second-order valence-electron chi connectivity index (χ2n) is 8.47. The van der Waals surface area contributed by atoms with Gasteiger partial charge in [0.15, 0.2) is 0 Å². The summed E-state index contributed by atoms with van der Waals surface area (Å²) in [6.45, 7) is 5.84. The number of thiophene rings is 1. The van der Waals surface area contributed by atoms with E-state index in [0.717, 1.165) is 68.2 Å². The monoisotopic (exact) mass is 424 g/mol. The molecule has 1 spiro atoms. The van der Waals surface area contributed by atoms with E-state index in [0.29, 0.717) is 9.71 Å². The second kappa shape index (κ2) is 6.82. The molecule has 2 fully saturated rings. The first kappa shape index (κ1) is 19.1. The molecule has 156 valence electrons. The lowest BCUT2D eigenvalue weighted by atomic mass is 9.79. The van der Waals surface area contributed by atoms with Crippen molar-refractivity contribution < 1.29 is 13.2 Å². The summed E-state index contributed by atoms with van der Waals surface area (Å²) in [5.74, 6) is 0.771. The molecule has 3 aliphatic rings. The predicted octanol–water partition coefficient (Wildman–Crippen LogP) is 2.64. The van der Waals surface area contributed by atoms with Crippen molar-refractivity contribution in [1.82, 2.24) is 25.3 Å². The highest BCUT2D eigenvalue weighted by atomic mass is 32.1. The van der Waals surface area contributed by atoms with Crippen LogP contribution in [0.5, 0.6) is 0 Å². The molecule has 29 heavy (non-hydrogen) atoms. The molecule has 0 bridgehead atoms. The molecule has 0 aliphatic carbocycles. The lowest BCUT2D eigenvalue weighted by Crippen LogP contribution is -2.58. The number of likely N-dealkylation sites (tertiary alicyclic amines) is 1. The molecule has 3 aliphatic heterocycles. The van der Waals surface area contributed by atoms with Crippen molar-refractivity contribution >= 4 is 27.4 Å². The van der Waals surface area contributed by atoms with Crippen LogP contribution in [-0.4, -0.2) is 72.4 Å². The zero-order chi connectivity index (χ0) is 20.2. The van der Waals surface area contributed by atoms with Gasteiger partial charge in [0, 0.05) is 56.3 Å². The highest BCUT2D eigenvalue weighted by Gasteiger charge is 2.48. The van der Waals surface area contributed by atoms with Crippen molar-refractivity contribution in [3.63, 3.8) is 0 Å². The molecule has 5 rings (SSSR count). The van der Waals surface area contributed by atoms with Gasteiger partial charge in [0.2, 0.25) is 0 Å². The fourth-order valence-electron chi connectivity index (χ4n) is 4.74. The van der Waals surface area contributed by atoms with Gasteiger partial charge in [0.1, 0.15) is 17.0 Å². The Morgan fingerprint density at radius 2 is 2.07 bits per heavy atom. The number of anilines is 1. The summed E-state index contributed by atoms with van der Waals surface area (Å²) in [5, 5.41) is 2.74. The van der Waals surface area contributed by atoms with Gasteiger partial charge in [-0.15, -0.1) is 11.3 Å². The Balaban J connectivity index is 1.26. The van der Waals surface area contributed by atoms with Crippen molar-refractivity contribution in [2.45, 2.75) is 19.0 Å². The van der Waals surface area contributed by atoms with Gasteiger partial charge in [0.25, 0.3) is 0 Å². The normalized spacial score (nSPS) is 22.0. The number of nitrogens with one attached hydrogen (secondary N) is 1. The average Bonchev–Trinajstić information content (AvgIpc) is 3.30. The fourth-order valence-corrected chi connectivity index (χ4v) is 5.76. The van der Waals surface area contributed by atoms with Crippen LogP contribution < -0.4 is 10.3 Å². The third-order valence-electron chi connectivity index (χ3n) is 5.96. The van der Waals surface area contributed by atoms with E-state index in [2.05, 4.69) is 31.4 Å². The number of hydrogen-bond donors (Lipinski definition) is 1. The standard InChI is InChI=1S/C19H23F3N6S/c1-26-7-13(6-25-26)8-27-3-2-18(9-27)10-28(11-18)16-15-4-14(5-19(20,21)22)29-17(15)24-12-23-16/h4,7,12,25H,2-3,5-6,8-11H2,1H3. The number of rotatable bonds is 4. The van der Waals surface area contributed by atoms with Gasteiger partial charge in [-0.25, -0.2) is 15.4 Å². The zero-order valence-electron chi connectivity index (χ0n) is 16.2. The summed E-state index contributed by atoms with van der Waals surface area (Å²) < 4.78 is 38.3. The van der Waals surface area contributed by atoms with Crippen LogP contribution in [0, 0.1) is 5.41 Å². The molecule has 2 aromatic rings. The van der Waals surface area contributed by atoms with Gasteiger partial charge in [-0.2, -0.15) is 13.2 Å². The molecule has 2 aromatic heterocycles. The molecule has 0 atom stereocenters. The van der Waals surface area contributed by atoms with E-state index in [1.807, 2.05) is 12.1 Å². The Bertz CT molecular complexity index is 949. The van der Waals surface area contributed by atoms with E-state index in [-0.39, 0.29) is 5.41 Å². The topological polar surface area (TPSA) is 47.5 Å². The average molecular weight is 424 g/mol. The summed E-state index contributed by atoms with van der Waals surface area (Å²) in [5.41, 5.74) is 4.94. The molecule has 0 aromatic carbocycles. The van der Waals surface area contributed by atoms with E-state index < -0.39 is 12.6 Å². The third-order valence-corrected chi connectivity index (χ3v) is 7.01. The predicted molar refractivity (Wildman–Crippen MR) is 107 cm³/mol. The van der Waals surface area contributed by atoms with E-state index >= 15 is 0 Å². The quantitative estimate of drug-likeness (QED) is 0.815. The van der Waals surface area contributed by atoms with Gasteiger partial charge in [-0.05, 0) is 24.6 Å². The molecule has 0 amide bonds. The number of aromatic nitrogens is 2. The van der Waals surface area contributed by atoms with Gasteiger partial charge in [-0.3, -0.25) is 4.90 Å². The highest BCUT2D eigenvalue weighted by Crippen LogP contribution is 2.44. The van der Waals surface area contributed by atoms with Crippen molar-refractivity contribution in [3.05, 3.63) is 29.0 Å². The van der Waals surface area contributed by atoms with Crippen LogP contribution in [0.15, 0.2) is 24.2 Å². The van der Waals surface area contributed by atoms with Crippen molar-refractivity contribution in [2.75, 3.05) is 51.2 Å². The van der Waals surface area contributed by atoms with Crippen LogP contribution in [0.1, 0.15) is 11.3 Å². The van der Waals surface area contributed by atoms with Crippen LogP contribution >= 0.6 is 11.3 Å². The number of alkyl halides is 3. The first-order valence-corrected chi connectivity index (χ1v) is 10.5. The van der Waals surface area contributed by atoms with E-state index in [1.54, 1.807) is 6.07 Å². The van der Waals surface area contributed by atoms with Crippen LogP contribution in [0.3, 0.4) is 0 Å². The maximum absolute atomic E-state index is 12.8. The third kappa shape index (κ3) is 3.80. The summed E-state index contributed by atoms with van der Waals surface area (Å²) in [7, 11) is 2.01. The summed E-state index contributed by atoms with van der Waals surface area (Å²) in [6.07, 6.45) is -0.344. The first-order chi connectivity index (χ1) is 13.8. The molecule has 0 radical (unpaired) electrons. The van der Waals surface area contributed by atoms with Gasteiger partial charge in [0.05, 0.1) is 11.8 Å². The molecule has 0 saturated carbocycles. The molecule has 5 heterocycles. The van der Waals surface area contributed by atoms with Gasteiger partial charge < -0.3 is 9.91 Å². The zero-order valence-corrected chi connectivity index (χ0v) is 17.0. The van der Waals surface area contributed by atoms with Crippen LogP contribution in [0.2, 0.25) is 0 Å². The van der Waals surface area contributed by atoms with Crippen LogP contribution in [0.4, 0.5) is 19.0 Å². The first-order valence-electron chi connectivity index (χ1n) is 9.72. The minimum Gasteiger partial charge on any atom is -0.355 e. The highest BCUT2D eigenvalue weighted by molar-refractivity contribution is 7.18. The van der Waals surface area contributed by atoms with Crippen LogP contribution in [0.25, 0.3) is 10.2 Å². The largest absolute Gasteiger partial charge is 0.393 e. The van der Waals surface area contributed by atoms with Gasteiger partial charge >= 0.3 is 6.18 Å². The molecule has 1 N–H and O–H groups in total. The van der Waals surface area contributed by atoms with E-state index in [1.165, 1.54) is 11.9 Å². The molecule has 10 heteroatoms. The van der Waals surface area contributed by atoms with Crippen LogP contribution in [-0.2, 0) is 6.42 Å². The lowest BCUT2D eigenvalue weighted by molar-refractivity contribution is -0.126. The number of hydrogen-bond acceptors (Lipinski definition) is 7.